The van der Waals surface area contributed by atoms with Gasteiger partial charge in [-0.3, -0.25) is 0 Å². The van der Waals surface area contributed by atoms with Crippen molar-refractivity contribution in [3.63, 3.8) is 0 Å². The zero-order chi connectivity index (χ0) is 21.0. The van der Waals surface area contributed by atoms with Gasteiger partial charge < -0.3 is 14.4 Å². The molecule has 6 nitrogen and oxygen atoms in total. The maximum Gasteiger partial charge on any atom is 0.185 e. The van der Waals surface area contributed by atoms with Gasteiger partial charge in [0.25, 0.3) is 0 Å². The van der Waals surface area contributed by atoms with Crippen LogP contribution in [-0.4, -0.2) is 35.8 Å². The Kier molecular flexibility index (Phi) is 5.83. The molecule has 1 atom stereocenters. The Labute approximate surface area is 175 Å². The first-order valence-corrected chi connectivity index (χ1v) is 11.3. The third-order valence-corrected chi connectivity index (χ3v) is 6.36. The van der Waals surface area contributed by atoms with Crippen molar-refractivity contribution in [1.29, 1.82) is 0 Å². The summed E-state index contributed by atoms with van der Waals surface area (Å²) in [5.74, 6) is 0.801. The molecule has 3 aromatic carbocycles. The number of aliphatic hydroxyl groups is 1. The zero-order valence-electron chi connectivity index (χ0n) is 16.3. The highest BCUT2D eigenvalue weighted by atomic mass is 32.2. The molecule has 0 bridgehead atoms. The van der Waals surface area contributed by atoms with Gasteiger partial charge in [-0.2, -0.15) is 0 Å². The molecule has 0 aliphatic carbocycles. The summed E-state index contributed by atoms with van der Waals surface area (Å²) in [6, 6.07) is 25.0. The average molecular weight is 423 g/mol. The van der Waals surface area contributed by atoms with Gasteiger partial charge in [-0.25, -0.2) is 13.4 Å². The number of aliphatic hydroxyl groups excluding tert-OH is 1. The van der Waals surface area contributed by atoms with Crippen LogP contribution in [-0.2, 0) is 22.1 Å². The predicted molar refractivity (Wildman–Crippen MR) is 115 cm³/mol. The fourth-order valence-corrected chi connectivity index (χ4v) is 4.59. The van der Waals surface area contributed by atoms with Gasteiger partial charge in [-0.15, -0.1) is 0 Å². The minimum absolute atomic E-state index is 0.0847. The second-order valence-electron chi connectivity index (χ2n) is 6.98. The van der Waals surface area contributed by atoms with Gasteiger partial charge in [0.2, 0.25) is 0 Å². The molecule has 0 aliphatic heterocycles. The van der Waals surface area contributed by atoms with Crippen LogP contribution in [0.25, 0.3) is 11.0 Å². The Bertz CT molecular complexity index is 1220. The van der Waals surface area contributed by atoms with Crippen molar-refractivity contribution in [2.24, 2.45) is 0 Å². The molecule has 154 valence electrons. The Hall–Kier alpha value is -3.16. The number of hydrogen-bond donors (Lipinski definition) is 1. The van der Waals surface area contributed by atoms with E-state index in [0.29, 0.717) is 17.1 Å². The van der Waals surface area contributed by atoms with Crippen LogP contribution < -0.4 is 4.74 Å². The number of para-hydroxylation sites is 3. The third kappa shape index (κ3) is 4.53. The van der Waals surface area contributed by atoms with Gasteiger partial charge in [0, 0.05) is 0 Å². The van der Waals surface area contributed by atoms with Crippen LogP contribution in [0.3, 0.4) is 0 Å². The summed E-state index contributed by atoms with van der Waals surface area (Å²) in [7, 11) is -3.57. The summed E-state index contributed by atoms with van der Waals surface area (Å²) in [6.07, 6.45) is -0.832. The van der Waals surface area contributed by atoms with Crippen LogP contribution in [0.1, 0.15) is 5.82 Å². The molecule has 1 heterocycles. The average Bonchev–Trinajstić information content (AvgIpc) is 3.10. The number of imidazole rings is 1. The molecular weight excluding hydrogens is 400 g/mol. The van der Waals surface area contributed by atoms with E-state index in [9.17, 15) is 13.5 Å². The summed E-state index contributed by atoms with van der Waals surface area (Å²) >= 11 is 0. The first-order chi connectivity index (χ1) is 14.5. The Morgan fingerprint density at radius 1 is 0.900 bits per heavy atom. The Morgan fingerprint density at radius 2 is 1.53 bits per heavy atom. The highest BCUT2D eigenvalue weighted by molar-refractivity contribution is 7.90. The lowest BCUT2D eigenvalue weighted by Gasteiger charge is -2.16. The lowest BCUT2D eigenvalue weighted by Crippen LogP contribution is -2.25. The Balaban J connectivity index is 1.59. The first kappa shape index (κ1) is 20.1. The molecule has 0 amide bonds. The van der Waals surface area contributed by atoms with E-state index in [4.69, 9.17) is 4.74 Å². The van der Waals surface area contributed by atoms with Crippen molar-refractivity contribution in [3.05, 3.63) is 90.8 Å². The molecule has 0 saturated heterocycles. The fraction of sp³-hybridized carbons (Fsp3) is 0.174. The number of sulfone groups is 1. The van der Waals surface area contributed by atoms with Gasteiger partial charge in [-0.1, -0.05) is 48.5 Å². The van der Waals surface area contributed by atoms with Crippen LogP contribution in [0.2, 0.25) is 0 Å². The van der Waals surface area contributed by atoms with E-state index < -0.39 is 15.9 Å². The number of nitrogens with zero attached hydrogens (tertiary/aromatic N) is 2. The molecule has 1 aromatic heterocycles. The number of fused-ring (bicyclic) bond motifs is 1. The molecule has 0 fully saturated rings. The molecule has 0 saturated carbocycles. The lowest BCUT2D eigenvalue weighted by atomic mass is 10.3. The molecule has 30 heavy (non-hydrogen) atoms. The Morgan fingerprint density at radius 3 is 2.27 bits per heavy atom. The predicted octanol–water partition coefficient (Wildman–Crippen LogP) is 3.45. The number of hydrogen-bond acceptors (Lipinski definition) is 5. The van der Waals surface area contributed by atoms with Gasteiger partial charge in [-0.05, 0) is 36.4 Å². The van der Waals surface area contributed by atoms with E-state index in [2.05, 4.69) is 4.98 Å². The number of benzene rings is 3. The van der Waals surface area contributed by atoms with Gasteiger partial charge >= 0.3 is 0 Å². The molecule has 1 unspecified atom stereocenters. The maximum absolute atomic E-state index is 12.9. The third-order valence-electron chi connectivity index (χ3n) is 4.73. The second-order valence-corrected chi connectivity index (χ2v) is 8.97. The standard InChI is InChI=1S/C23H22N2O4S/c26-18(16-29-19-9-3-1-4-10-19)15-25-22-14-8-7-13-21(22)24-23(25)17-30(27,28)20-11-5-2-6-12-20/h1-14,18,26H,15-17H2. The van der Waals surface area contributed by atoms with Crippen molar-refractivity contribution in [2.45, 2.75) is 23.3 Å². The van der Waals surface area contributed by atoms with E-state index in [1.807, 2.05) is 54.6 Å². The smallest absolute Gasteiger partial charge is 0.185 e. The molecule has 1 N–H and O–H groups in total. The highest BCUT2D eigenvalue weighted by Gasteiger charge is 2.22. The molecular formula is C23H22N2O4S. The largest absolute Gasteiger partial charge is 0.491 e. The van der Waals surface area contributed by atoms with Crippen LogP contribution in [0.5, 0.6) is 5.75 Å². The fourth-order valence-electron chi connectivity index (χ4n) is 3.29. The summed E-state index contributed by atoms with van der Waals surface area (Å²) in [5, 5.41) is 10.6. The number of ether oxygens (including phenoxy) is 1. The molecule has 4 rings (SSSR count). The first-order valence-electron chi connectivity index (χ1n) is 9.61. The van der Waals surface area contributed by atoms with Crippen LogP contribution in [0, 0.1) is 0 Å². The normalized spacial score (nSPS) is 12.7. The minimum atomic E-state index is -3.57. The SMILES string of the molecule is O=S(=O)(Cc1nc2ccccc2n1CC(O)COc1ccccc1)c1ccccc1. The van der Waals surface area contributed by atoms with Crippen molar-refractivity contribution in [2.75, 3.05) is 6.61 Å². The van der Waals surface area contributed by atoms with Crippen molar-refractivity contribution >= 4 is 20.9 Å². The molecule has 0 radical (unpaired) electrons. The minimum Gasteiger partial charge on any atom is -0.491 e. The van der Waals surface area contributed by atoms with E-state index in [-0.39, 0.29) is 23.8 Å². The van der Waals surface area contributed by atoms with Gasteiger partial charge in [0.15, 0.2) is 9.84 Å². The molecule has 4 aromatic rings. The molecule has 0 spiro atoms. The second kappa shape index (κ2) is 8.69. The van der Waals surface area contributed by atoms with Crippen LogP contribution >= 0.6 is 0 Å². The van der Waals surface area contributed by atoms with Gasteiger partial charge in [0.05, 0.1) is 22.5 Å². The summed E-state index contributed by atoms with van der Waals surface area (Å²) in [5.41, 5.74) is 1.46. The van der Waals surface area contributed by atoms with Crippen LogP contribution in [0.15, 0.2) is 89.8 Å². The van der Waals surface area contributed by atoms with E-state index >= 15 is 0 Å². The summed E-state index contributed by atoms with van der Waals surface area (Å²) in [6.45, 7) is 0.258. The number of rotatable bonds is 8. The van der Waals surface area contributed by atoms with Crippen molar-refractivity contribution < 1.29 is 18.3 Å². The zero-order valence-corrected chi connectivity index (χ0v) is 17.1. The maximum atomic E-state index is 12.9. The molecule has 0 aliphatic rings. The lowest BCUT2D eigenvalue weighted by molar-refractivity contribution is 0.0928. The van der Waals surface area contributed by atoms with Crippen molar-refractivity contribution in [1.82, 2.24) is 9.55 Å². The van der Waals surface area contributed by atoms with Crippen LogP contribution in [0.4, 0.5) is 0 Å². The molecule has 7 heteroatoms. The van der Waals surface area contributed by atoms with E-state index in [1.165, 1.54) is 0 Å². The van der Waals surface area contributed by atoms with Gasteiger partial charge in [0.1, 0.15) is 30.0 Å². The number of aromatic nitrogens is 2. The quantitative estimate of drug-likeness (QED) is 0.470. The monoisotopic (exact) mass is 422 g/mol. The topological polar surface area (TPSA) is 81.4 Å². The summed E-state index contributed by atoms with van der Waals surface area (Å²) < 4.78 is 33.2. The van der Waals surface area contributed by atoms with E-state index in [0.717, 1.165) is 5.52 Å². The summed E-state index contributed by atoms with van der Waals surface area (Å²) in [4.78, 5) is 4.77. The van der Waals surface area contributed by atoms with E-state index in [1.54, 1.807) is 34.9 Å². The van der Waals surface area contributed by atoms with Crippen molar-refractivity contribution in [3.8, 4) is 5.75 Å². The highest BCUT2D eigenvalue weighted by Crippen LogP contribution is 2.21.